The van der Waals surface area contributed by atoms with E-state index < -0.39 is 23.6 Å². The lowest BCUT2D eigenvalue weighted by atomic mass is 10.0. The Labute approximate surface area is 139 Å². The van der Waals surface area contributed by atoms with Crippen LogP contribution in [0.25, 0.3) is 0 Å². The number of aliphatic carboxylic acids is 1. The van der Waals surface area contributed by atoms with Crippen molar-refractivity contribution < 1.29 is 19.5 Å². The van der Waals surface area contributed by atoms with Crippen molar-refractivity contribution in [2.75, 3.05) is 0 Å². The van der Waals surface area contributed by atoms with Gasteiger partial charge in [-0.15, -0.1) is 5.11 Å². The van der Waals surface area contributed by atoms with E-state index in [1.165, 1.54) is 18.4 Å². The van der Waals surface area contributed by atoms with Crippen LogP contribution in [0, 0.1) is 5.92 Å². The van der Waals surface area contributed by atoms with Gasteiger partial charge in [-0.3, -0.25) is 14.4 Å². The normalized spacial score (nSPS) is 29.9. The Balaban J connectivity index is 3.02. The number of carbonyl (C=O) groups is 3. The van der Waals surface area contributed by atoms with Crippen molar-refractivity contribution in [1.29, 1.82) is 0 Å². The lowest BCUT2D eigenvalue weighted by Crippen LogP contribution is -2.29. The van der Waals surface area contributed by atoms with Crippen LogP contribution in [0.1, 0.15) is 0 Å². The molecule has 1 atom stereocenters. The molecule has 0 saturated carbocycles. The summed E-state index contributed by atoms with van der Waals surface area (Å²) in [5.74, 6) is -5.46. The molecule has 0 aromatic carbocycles. The van der Waals surface area contributed by atoms with Crippen molar-refractivity contribution in [2.24, 2.45) is 16.1 Å². The monoisotopic (exact) mass is 324 g/mol. The Morgan fingerprint density at radius 3 is 1.75 bits per heavy atom. The molecule has 0 aliphatic carbocycles. The Morgan fingerprint density at radius 1 is 0.792 bits per heavy atom. The van der Waals surface area contributed by atoms with E-state index in [-0.39, 0.29) is 0 Å². The van der Waals surface area contributed by atoms with Gasteiger partial charge in [0.1, 0.15) is 0 Å². The fraction of sp³-hybridized carbons (Fsp3) is 0.0556. The molecule has 6 nitrogen and oxygen atoms in total. The van der Waals surface area contributed by atoms with Crippen LogP contribution < -0.4 is 0 Å². The van der Waals surface area contributed by atoms with Crippen LogP contribution in [-0.4, -0.2) is 22.8 Å². The first kappa shape index (κ1) is 18.6. The summed E-state index contributed by atoms with van der Waals surface area (Å²) >= 11 is 0. The van der Waals surface area contributed by atoms with E-state index in [1.54, 1.807) is 42.5 Å². The molecule has 0 saturated heterocycles. The second kappa shape index (κ2) is 11.2. The molecule has 6 heteroatoms. The average molecular weight is 324 g/mol. The lowest BCUT2D eigenvalue weighted by Gasteiger charge is -2.02. The van der Waals surface area contributed by atoms with E-state index in [1.807, 2.05) is 18.2 Å². The predicted octanol–water partition coefficient (Wildman–Crippen LogP) is 3.10. The molecule has 1 N–H and O–H groups in total. The maximum atomic E-state index is 11.8. The van der Waals surface area contributed by atoms with Crippen molar-refractivity contribution in [3.05, 3.63) is 85.2 Å². The van der Waals surface area contributed by atoms with E-state index in [0.29, 0.717) is 0 Å². The molecule has 1 aliphatic rings. The number of carboxylic acids is 1. The first-order chi connectivity index (χ1) is 11.6. The molecule has 1 rings (SSSR count). The number of amides is 1. The number of carboxylic acid groups (broad SMARTS) is 1. The fourth-order valence-corrected chi connectivity index (χ4v) is 1.47. The molecule has 1 amide bonds. The van der Waals surface area contributed by atoms with Gasteiger partial charge in [-0.25, -0.2) is 0 Å². The Morgan fingerprint density at radius 2 is 1.25 bits per heavy atom. The maximum absolute atomic E-state index is 11.8. The molecular formula is C18H16N2O4. The number of ketones is 1. The zero-order chi connectivity index (χ0) is 17.6. The smallest absolute Gasteiger partial charge is 0.324 e. The van der Waals surface area contributed by atoms with Crippen LogP contribution >= 0.6 is 0 Å². The molecule has 1 unspecified atom stereocenters. The SMILES string of the molecule is O=C(O)C1C(=O)\C=C/C=C\C=C\C=C\C=C\C=C/C=C/N=N/C1=O. The van der Waals surface area contributed by atoms with Gasteiger partial charge in [0.2, 0.25) is 5.92 Å². The van der Waals surface area contributed by atoms with Crippen molar-refractivity contribution >= 4 is 17.7 Å². The highest BCUT2D eigenvalue weighted by Crippen LogP contribution is 2.05. The highest BCUT2D eigenvalue weighted by atomic mass is 16.4. The molecule has 0 aromatic rings. The van der Waals surface area contributed by atoms with Crippen LogP contribution in [-0.2, 0) is 14.4 Å². The van der Waals surface area contributed by atoms with Crippen LogP contribution in [0.3, 0.4) is 0 Å². The largest absolute Gasteiger partial charge is 0.480 e. The van der Waals surface area contributed by atoms with Crippen molar-refractivity contribution in [3.63, 3.8) is 0 Å². The summed E-state index contributed by atoms with van der Waals surface area (Å²) in [6.07, 6.45) is 22.5. The minimum atomic E-state index is -1.90. The van der Waals surface area contributed by atoms with E-state index in [2.05, 4.69) is 10.2 Å². The van der Waals surface area contributed by atoms with Gasteiger partial charge in [-0.1, -0.05) is 66.8 Å². The van der Waals surface area contributed by atoms with Gasteiger partial charge in [0.05, 0.1) is 0 Å². The maximum Gasteiger partial charge on any atom is 0.324 e. The molecule has 0 spiro atoms. The highest BCUT2D eigenvalue weighted by molar-refractivity contribution is 6.19. The van der Waals surface area contributed by atoms with Gasteiger partial charge >= 0.3 is 5.97 Å². The summed E-state index contributed by atoms with van der Waals surface area (Å²) in [4.78, 5) is 34.6. The number of azo groups is 1. The van der Waals surface area contributed by atoms with Crippen LogP contribution in [0.5, 0.6) is 0 Å². The zero-order valence-electron chi connectivity index (χ0n) is 12.7. The second-order valence-electron chi connectivity index (χ2n) is 4.35. The Kier molecular flexibility index (Phi) is 8.70. The van der Waals surface area contributed by atoms with Crippen LogP contribution in [0.4, 0.5) is 0 Å². The number of hydrogen-bond acceptors (Lipinski definition) is 4. The standard InChI is InChI=1S/C18H16N2O4/c21-15-13-11-9-7-5-3-1-2-4-6-8-10-12-14-19-20-17(22)16(15)18(23)24/h1-14,16H,(H,23,24)/b2-1+,5-3+,6-4+,9-7-,10-8-,13-11-,14-12+,20-19+. The summed E-state index contributed by atoms with van der Waals surface area (Å²) < 4.78 is 0. The average Bonchev–Trinajstić information content (AvgIpc) is 2.53. The summed E-state index contributed by atoms with van der Waals surface area (Å²) in [5, 5.41) is 15.7. The van der Waals surface area contributed by atoms with Gasteiger partial charge in [0.25, 0.3) is 5.91 Å². The first-order valence-corrected chi connectivity index (χ1v) is 7.01. The Hall–Kier alpha value is -3.41. The number of nitrogens with zero attached hydrogens (tertiary/aromatic N) is 2. The minimum Gasteiger partial charge on any atom is -0.480 e. The zero-order valence-corrected chi connectivity index (χ0v) is 12.7. The molecule has 0 aromatic heterocycles. The molecule has 1 heterocycles. The third-order valence-electron chi connectivity index (χ3n) is 2.57. The molecule has 122 valence electrons. The number of rotatable bonds is 1. The van der Waals surface area contributed by atoms with Crippen LogP contribution in [0.2, 0.25) is 0 Å². The molecule has 0 radical (unpaired) electrons. The van der Waals surface area contributed by atoms with Gasteiger partial charge in [0, 0.05) is 6.20 Å². The molecule has 0 bridgehead atoms. The summed E-state index contributed by atoms with van der Waals surface area (Å²) in [6.45, 7) is 0. The highest BCUT2D eigenvalue weighted by Gasteiger charge is 2.32. The molecule has 24 heavy (non-hydrogen) atoms. The second-order valence-corrected chi connectivity index (χ2v) is 4.35. The summed E-state index contributed by atoms with van der Waals surface area (Å²) in [6, 6.07) is 0. The Bertz CT molecular complexity index is 651. The molecular weight excluding hydrogens is 308 g/mol. The lowest BCUT2D eigenvalue weighted by molar-refractivity contribution is -0.149. The molecule has 0 fully saturated rings. The third kappa shape index (κ3) is 7.56. The third-order valence-corrected chi connectivity index (χ3v) is 2.57. The van der Waals surface area contributed by atoms with E-state index in [4.69, 9.17) is 5.11 Å². The van der Waals surface area contributed by atoms with Crippen molar-refractivity contribution in [2.45, 2.75) is 0 Å². The van der Waals surface area contributed by atoms with Crippen molar-refractivity contribution in [1.82, 2.24) is 0 Å². The van der Waals surface area contributed by atoms with Gasteiger partial charge in [-0.2, -0.15) is 5.11 Å². The number of hydrogen-bond donors (Lipinski definition) is 1. The molecule has 1 aliphatic heterocycles. The summed E-state index contributed by atoms with van der Waals surface area (Å²) in [5.41, 5.74) is 0. The van der Waals surface area contributed by atoms with E-state index in [9.17, 15) is 14.4 Å². The van der Waals surface area contributed by atoms with Crippen molar-refractivity contribution in [3.8, 4) is 0 Å². The number of allylic oxidation sites excluding steroid dienone is 13. The quantitative estimate of drug-likeness (QED) is 0.750. The first-order valence-electron chi connectivity index (χ1n) is 7.01. The fourth-order valence-electron chi connectivity index (χ4n) is 1.47. The van der Waals surface area contributed by atoms with Gasteiger partial charge in [0.15, 0.2) is 5.78 Å². The van der Waals surface area contributed by atoms with Gasteiger partial charge < -0.3 is 5.11 Å². The summed E-state index contributed by atoms with van der Waals surface area (Å²) in [7, 11) is 0. The number of carbonyl (C=O) groups excluding carboxylic acids is 2. The van der Waals surface area contributed by atoms with E-state index in [0.717, 1.165) is 6.08 Å². The predicted molar refractivity (Wildman–Crippen MR) is 90.0 cm³/mol. The van der Waals surface area contributed by atoms with Crippen LogP contribution in [0.15, 0.2) is 95.4 Å². The van der Waals surface area contributed by atoms with E-state index >= 15 is 0 Å². The minimum absolute atomic E-state index is 0.869. The van der Waals surface area contributed by atoms with Gasteiger partial charge in [-0.05, 0) is 12.2 Å². The topological polar surface area (TPSA) is 96.2 Å².